The first kappa shape index (κ1) is 30.2. The van der Waals surface area contributed by atoms with Crippen LogP contribution in [0.3, 0.4) is 0 Å². The van der Waals surface area contributed by atoms with Gasteiger partial charge in [0.1, 0.15) is 0 Å². The SMILES string of the molecule is C1CC(CP(C23CC4CC(CC(C4)C2)C3)C23CC4CC(CC(C4)C2)C3)(CP(C23CC4CC(CC(C4)C2)C3)C23CC4CC(CC(C4)C2)C3)C1. The van der Waals surface area contributed by atoms with E-state index in [1.807, 2.05) is 12.3 Å². The van der Waals surface area contributed by atoms with Crippen molar-refractivity contribution >= 4 is 15.8 Å². The van der Waals surface area contributed by atoms with E-state index in [2.05, 4.69) is 0 Å². The van der Waals surface area contributed by atoms with Gasteiger partial charge in [0.15, 0.2) is 0 Å². The summed E-state index contributed by atoms with van der Waals surface area (Å²) in [6, 6.07) is 0. The van der Waals surface area contributed by atoms with Gasteiger partial charge in [0.25, 0.3) is 0 Å². The molecule has 0 spiro atoms. The molecule has 17 rings (SSSR count). The molecule has 0 aromatic heterocycles. The topological polar surface area (TPSA) is 0 Å². The summed E-state index contributed by atoms with van der Waals surface area (Å²) in [5, 5.41) is 3.40. The third-order valence-electron chi connectivity index (χ3n) is 20.7. The summed E-state index contributed by atoms with van der Waals surface area (Å²) in [6.45, 7) is 0. The maximum atomic E-state index is 1.83. The quantitative estimate of drug-likeness (QED) is 0.223. The molecule has 264 valence electrons. The minimum absolute atomic E-state index is 0.162. The lowest BCUT2D eigenvalue weighted by atomic mass is 9.55. The molecular weight excluding hydrogens is 614 g/mol. The third kappa shape index (κ3) is 4.33. The Bertz CT molecular complexity index is 1010. The second kappa shape index (κ2) is 10.1. The van der Waals surface area contributed by atoms with Gasteiger partial charge in [0.05, 0.1) is 0 Å². The summed E-state index contributed by atoms with van der Waals surface area (Å²) in [5.74, 6) is 13.9. The molecule has 48 heavy (non-hydrogen) atoms. The van der Waals surface area contributed by atoms with Crippen molar-refractivity contribution in [3.8, 4) is 0 Å². The first-order valence-corrected chi connectivity index (χ1v) is 25.9. The van der Waals surface area contributed by atoms with Gasteiger partial charge in [0, 0.05) is 0 Å². The second-order valence-electron chi connectivity index (χ2n) is 24.1. The average molecular weight is 685 g/mol. The van der Waals surface area contributed by atoms with Crippen LogP contribution in [0.5, 0.6) is 0 Å². The highest BCUT2D eigenvalue weighted by Crippen LogP contribution is 2.84. The Hall–Kier alpha value is 0.860. The molecule has 0 radical (unpaired) electrons. The molecule has 0 saturated heterocycles. The lowest BCUT2D eigenvalue weighted by molar-refractivity contribution is 0.0157. The van der Waals surface area contributed by atoms with Crippen LogP contribution in [0, 0.1) is 76.4 Å². The average Bonchev–Trinajstić information content (AvgIpc) is 2.97. The van der Waals surface area contributed by atoms with E-state index in [4.69, 9.17) is 0 Å². The minimum Gasteiger partial charge on any atom is -0.0933 e. The van der Waals surface area contributed by atoms with Gasteiger partial charge in [-0.2, -0.15) is 0 Å². The Labute approximate surface area is 297 Å². The summed E-state index contributed by atoms with van der Waals surface area (Å²) < 4.78 is 0. The summed E-state index contributed by atoms with van der Waals surface area (Å²) in [7, 11) is 0.324. The van der Waals surface area contributed by atoms with Crippen molar-refractivity contribution in [1.29, 1.82) is 0 Å². The zero-order valence-electron chi connectivity index (χ0n) is 30.8. The zero-order chi connectivity index (χ0) is 31.1. The van der Waals surface area contributed by atoms with Gasteiger partial charge < -0.3 is 0 Å². The van der Waals surface area contributed by atoms with Crippen LogP contribution in [0.15, 0.2) is 0 Å². The molecule has 0 aromatic rings. The Morgan fingerprint density at radius 1 is 0.292 bits per heavy atom. The van der Waals surface area contributed by atoms with E-state index in [0.29, 0.717) is 0 Å². The van der Waals surface area contributed by atoms with E-state index in [1.54, 1.807) is 173 Å². The molecular formula is C46H70P2. The Morgan fingerprint density at radius 3 is 0.625 bits per heavy atom. The van der Waals surface area contributed by atoms with Crippen LogP contribution in [0.25, 0.3) is 0 Å². The van der Waals surface area contributed by atoms with Crippen LogP contribution >= 0.6 is 15.8 Å². The fourth-order valence-corrected chi connectivity index (χ4v) is 32.4. The van der Waals surface area contributed by atoms with Crippen molar-refractivity contribution < 1.29 is 0 Å². The van der Waals surface area contributed by atoms with E-state index >= 15 is 0 Å². The molecule has 0 atom stereocenters. The van der Waals surface area contributed by atoms with Crippen LogP contribution in [-0.4, -0.2) is 32.9 Å². The van der Waals surface area contributed by atoms with Gasteiger partial charge in [-0.05, 0) is 276 Å². The van der Waals surface area contributed by atoms with Gasteiger partial charge in [-0.25, -0.2) is 0 Å². The van der Waals surface area contributed by atoms with E-state index in [0.717, 1.165) is 97.1 Å². The predicted molar refractivity (Wildman–Crippen MR) is 203 cm³/mol. The Balaban J connectivity index is 0.908. The van der Waals surface area contributed by atoms with Gasteiger partial charge in [-0.15, -0.1) is 0 Å². The van der Waals surface area contributed by atoms with Crippen LogP contribution in [0.1, 0.15) is 173 Å². The normalized spacial score (nSPS) is 61.2. The molecule has 0 aliphatic heterocycles. The van der Waals surface area contributed by atoms with Crippen molar-refractivity contribution in [1.82, 2.24) is 0 Å². The number of hydrogen-bond donors (Lipinski definition) is 0. The third-order valence-corrected chi connectivity index (χ3v) is 29.5. The number of rotatable bonds is 8. The maximum Gasteiger partial charge on any atom is -0.00813 e. The largest absolute Gasteiger partial charge is 0.0933 e. The first-order valence-electron chi connectivity index (χ1n) is 22.9. The van der Waals surface area contributed by atoms with E-state index in [-0.39, 0.29) is 15.8 Å². The van der Waals surface area contributed by atoms with Crippen LogP contribution in [0.4, 0.5) is 0 Å². The van der Waals surface area contributed by atoms with Crippen LogP contribution < -0.4 is 0 Å². The van der Waals surface area contributed by atoms with E-state index < -0.39 is 0 Å². The highest BCUT2D eigenvalue weighted by Gasteiger charge is 2.67. The monoisotopic (exact) mass is 684 g/mol. The van der Waals surface area contributed by atoms with Crippen LogP contribution in [-0.2, 0) is 0 Å². The molecule has 0 aromatic carbocycles. The Morgan fingerprint density at radius 2 is 0.479 bits per heavy atom. The maximum absolute atomic E-state index is 1.83. The molecule has 0 N–H and O–H groups in total. The van der Waals surface area contributed by atoms with Crippen molar-refractivity contribution in [3.63, 3.8) is 0 Å². The molecule has 0 amide bonds. The first-order chi connectivity index (χ1) is 23.3. The lowest BCUT2D eigenvalue weighted by Gasteiger charge is -2.70. The van der Waals surface area contributed by atoms with Crippen molar-refractivity contribution in [2.75, 3.05) is 12.3 Å². The zero-order valence-corrected chi connectivity index (χ0v) is 32.6. The predicted octanol–water partition coefficient (Wildman–Crippen LogP) is 13.0. The molecule has 17 fully saturated rings. The second-order valence-corrected chi connectivity index (χ2v) is 30.2. The van der Waals surface area contributed by atoms with Gasteiger partial charge in [-0.1, -0.05) is 22.3 Å². The Kier molecular flexibility index (Phi) is 6.38. The summed E-state index contributed by atoms with van der Waals surface area (Å²) in [5.41, 5.74) is 0.802. The minimum atomic E-state index is 0.162. The molecule has 0 unspecified atom stereocenters. The molecule has 2 heteroatoms. The smallest absolute Gasteiger partial charge is 0.00813 e. The molecule has 17 aliphatic carbocycles. The van der Waals surface area contributed by atoms with Crippen molar-refractivity contribution in [3.05, 3.63) is 0 Å². The van der Waals surface area contributed by atoms with Crippen LogP contribution in [0.2, 0.25) is 0 Å². The standard InChI is InChI=1S/C46H70P2/c1-2-42(3-1,28-47(43-16-30-4-31(17-43)6-32(5-30)18-43)44-19-33-7-34(20-44)9-35(8-33)21-44)29-48(45-22-36-10-37(23-45)12-38(11-36)24-45)46-25-39-13-40(26-46)15-41(14-39)27-46/h30-41H,1-29H2. The lowest BCUT2D eigenvalue weighted by Crippen LogP contribution is -2.59. The molecule has 17 saturated carbocycles. The molecule has 17 aliphatic rings. The van der Waals surface area contributed by atoms with Gasteiger partial charge in [-0.3, -0.25) is 0 Å². The fourth-order valence-electron chi connectivity index (χ4n) is 21.0. The van der Waals surface area contributed by atoms with Crippen molar-refractivity contribution in [2.45, 2.75) is 194 Å². The van der Waals surface area contributed by atoms with Crippen molar-refractivity contribution in [2.24, 2.45) is 76.4 Å². The summed E-state index contributed by atoms with van der Waals surface area (Å²) in [6.07, 6.45) is 49.5. The van der Waals surface area contributed by atoms with E-state index in [9.17, 15) is 0 Å². The number of hydrogen-bond acceptors (Lipinski definition) is 0. The highest BCUT2D eigenvalue weighted by molar-refractivity contribution is 7.62. The molecule has 0 heterocycles. The molecule has 0 nitrogen and oxygen atoms in total. The van der Waals surface area contributed by atoms with Gasteiger partial charge in [0.2, 0.25) is 0 Å². The van der Waals surface area contributed by atoms with Gasteiger partial charge >= 0.3 is 0 Å². The van der Waals surface area contributed by atoms with E-state index in [1.165, 1.54) is 0 Å². The highest BCUT2D eigenvalue weighted by atomic mass is 31.1. The fraction of sp³-hybridized carbons (Fsp3) is 1.00. The summed E-state index contributed by atoms with van der Waals surface area (Å²) >= 11 is 0. The summed E-state index contributed by atoms with van der Waals surface area (Å²) in [4.78, 5) is 0. The molecule has 16 bridgehead atoms.